The lowest BCUT2D eigenvalue weighted by molar-refractivity contribution is -0.0414. The zero-order valence-electron chi connectivity index (χ0n) is 14.1. The molecule has 2 fully saturated rings. The van der Waals surface area contributed by atoms with Gasteiger partial charge in [0.1, 0.15) is 18.0 Å². The van der Waals surface area contributed by atoms with Crippen molar-refractivity contribution in [3.8, 4) is 5.75 Å². The van der Waals surface area contributed by atoms with Crippen molar-refractivity contribution in [2.45, 2.75) is 56.8 Å². The van der Waals surface area contributed by atoms with Gasteiger partial charge in [-0.2, -0.15) is 0 Å². The molecule has 1 N–H and O–H groups in total. The van der Waals surface area contributed by atoms with Gasteiger partial charge < -0.3 is 9.84 Å². The molecule has 2 atom stereocenters. The first-order valence-corrected chi connectivity index (χ1v) is 9.23. The van der Waals surface area contributed by atoms with E-state index in [2.05, 4.69) is 9.88 Å². The van der Waals surface area contributed by atoms with E-state index in [0.717, 1.165) is 36.2 Å². The highest BCUT2D eigenvalue weighted by Gasteiger charge is 2.33. The second-order valence-corrected chi connectivity index (χ2v) is 7.16. The van der Waals surface area contributed by atoms with Crippen LogP contribution in [-0.2, 0) is 0 Å². The molecule has 1 aromatic heterocycles. The van der Waals surface area contributed by atoms with E-state index in [1.54, 1.807) is 6.20 Å². The summed E-state index contributed by atoms with van der Waals surface area (Å²) < 4.78 is 6.09. The summed E-state index contributed by atoms with van der Waals surface area (Å²) in [6.07, 6.45) is 8.76. The number of pyridine rings is 1. The van der Waals surface area contributed by atoms with Gasteiger partial charge in [-0.25, -0.2) is 0 Å². The van der Waals surface area contributed by atoms with Gasteiger partial charge in [0.2, 0.25) is 0 Å². The highest BCUT2D eigenvalue weighted by atomic mass is 16.5. The summed E-state index contributed by atoms with van der Waals surface area (Å²) in [5.41, 5.74) is 0.934. The predicted molar refractivity (Wildman–Crippen MR) is 95.2 cm³/mol. The number of hydrogen-bond acceptors (Lipinski definition) is 4. The van der Waals surface area contributed by atoms with Gasteiger partial charge in [-0.1, -0.05) is 25.3 Å². The first-order valence-electron chi connectivity index (χ1n) is 9.23. The molecule has 4 heteroatoms. The number of ether oxygens (including phenoxy) is 1. The second-order valence-electron chi connectivity index (χ2n) is 7.16. The molecule has 0 radical (unpaired) electrons. The van der Waals surface area contributed by atoms with E-state index < -0.39 is 6.10 Å². The van der Waals surface area contributed by atoms with Crippen LogP contribution in [0.5, 0.6) is 5.75 Å². The van der Waals surface area contributed by atoms with E-state index in [4.69, 9.17) is 4.74 Å². The predicted octanol–water partition coefficient (Wildman–Crippen LogP) is 3.38. The first kappa shape index (κ1) is 15.9. The van der Waals surface area contributed by atoms with Gasteiger partial charge in [0, 0.05) is 36.8 Å². The van der Waals surface area contributed by atoms with Crippen LogP contribution in [0, 0.1) is 0 Å². The van der Waals surface area contributed by atoms with Gasteiger partial charge in [-0.3, -0.25) is 9.88 Å². The van der Waals surface area contributed by atoms with E-state index in [-0.39, 0.29) is 6.10 Å². The van der Waals surface area contributed by atoms with Gasteiger partial charge in [0.15, 0.2) is 0 Å². The molecule has 4 nitrogen and oxygen atoms in total. The topological polar surface area (TPSA) is 45.6 Å². The van der Waals surface area contributed by atoms with Crippen LogP contribution in [0.2, 0.25) is 0 Å². The molecule has 0 bridgehead atoms. The summed E-state index contributed by atoms with van der Waals surface area (Å²) in [6.45, 7) is 1.76. The van der Waals surface area contributed by atoms with Crippen molar-refractivity contribution in [2.75, 3.05) is 13.1 Å². The number of rotatable bonds is 3. The maximum atomic E-state index is 10.6. The van der Waals surface area contributed by atoms with Gasteiger partial charge in [-0.05, 0) is 37.5 Å². The Labute approximate surface area is 143 Å². The molecule has 2 aliphatic rings. The number of hydrogen-bond donors (Lipinski definition) is 1. The van der Waals surface area contributed by atoms with Gasteiger partial charge in [-0.15, -0.1) is 0 Å². The van der Waals surface area contributed by atoms with Crippen molar-refractivity contribution in [3.63, 3.8) is 0 Å². The standard InChI is InChI=1S/C20H26N2O2/c23-19-14-22(16-6-2-1-3-7-16)12-10-20(19)24-17-9-8-15-5-4-11-21-18(15)13-17/h4-5,8-9,11,13,16,19-20,23H,1-3,6-7,10,12,14H2/t19-,20-/m1/s1. The molecule has 2 heterocycles. The van der Waals surface area contributed by atoms with Crippen LogP contribution in [0.3, 0.4) is 0 Å². The quantitative estimate of drug-likeness (QED) is 0.939. The Hall–Kier alpha value is -1.65. The zero-order chi connectivity index (χ0) is 16.4. The summed E-state index contributed by atoms with van der Waals surface area (Å²) in [5.74, 6) is 0.802. The van der Waals surface area contributed by atoms with Crippen LogP contribution in [0.15, 0.2) is 36.5 Å². The van der Waals surface area contributed by atoms with Crippen molar-refractivity contribution >= 4 is 10.9 Å². The van der Waals surface area contributed by atoms with Gasteiger partial charge >= 0.3 is 0 Å². The van der Waals surface area contributed by atoms with E-state index in [1.807, 2.05) is 30.3 Å². The summed E-state index contributed by atoms with van der Waals surface area (Å²) in [5, 5.41) is 11.7. The molecule has 128 valence electrons. The van der Waals surface area contributed by atoms with E-state index in [1.165, 1.54) is 32.1 Å². The number of fused-ring (bicyclic) bond motifs is 1. The monoisotopic (exact) mass is 326 g/mol. The molecule has 1 saturated carbocycles. The molecule has 1 aromatic carbocycles. The number of piperidine rings is 1. The molecule has 24 heavy (non-hydrogen) atoms. The molecular weight excluding hydrogens is 300 g/mol. The summed E-state index contributed by atoms with van der Waals surface area (Å²) in [4.78, 5) is 6.85. The lowest BCUT2D eigenvalue weighted by Gasteiger charge is -2.41. The maximum absolute atomic E-state index is 10.6. The Balaban J connectivity index is 1.39. The van der Waals surface area contributed by atoms with Gasteiger partial charge in [0.05, 0.1) is 5.52 Å². The van der Waals surface area contributed by atoms with E-state index in [9.17, 15) is 5.11 Å². The number of nitrogens with zero attached hydrogens (tertiary/aromatic N) is 2. The minimum Gasteiger partial charge on any atom is -0.488 e. The van der Waals surface area contributed by atoms with Crippen LogP contribution in [0.25, 0.3) is 10.9 Å². The Kier molecular flexibility index (Phi) is 4.67. The van der Waals surface area contributed by atoms with Crippen molar-refractivity contribution in [2.24, 2.45) is 0 Å². The van der Waals surface area contributed by atoms with Crippen molar-refractivity contribution in [1.29, 1.82) is 0 Å². The number of likely N-dealkylation sites (tertiary alicyclic amines) is 1. The average Bonchev–Trinajstić information content (AvgIpc) is 2.64. The third kappa shape index (κ3) is 3.40. The first-order chi connectivity index (χ1) is 11.8. The van der Waals surface area contributed by atoms with Crippen molar-refractivity contribution in [3.05, 3.63) is 36.5 Å². The third-order valence-corrected chi connectivity index (χ3v) is 5.51. The van der Waals surface area contributed by atoms with Crippen LogP contribution in [0.4, 0.5) is 0 Å². The van der Waals surface area contributed by atoms with Crippen LogP contribution in [-0.4, -0.2) is 46.3 Å². The molecule has 1 saturated heterocycles. The number of aliphatic hydroxyl groups is 1. The van der Waals surface area contributed by atoms with Crippen LogP contribution >= 0.6 is 0 Å². The largest absolute Gasteiger partial charge is 0.488 e. The second kappa shape index (κ2) is 7.08. The Bertz CT molecular complexity index is 684. The fourth-order valence-electron chi connectivity index (χ4n) is 4.14. The normalized spacial score (nSPS) is 26.5. The molecule has 0 amide bonds. The SMILES string of the molecule is O[C@@H]1CN(C2CCCCC2)CC[C@H]1Oc1ccc2cccnc2c1. The third-order valence-electron chi connectivity index (χ3n) is 5.51. The highest BCUT2D eigenvalue weighted by Crippen LogP contribution is 2.27. The Morgan fingerprint density at radius 3 is 2.79 bits per heavy atom. The molecule has 1 aliphatic heterocycles. The summed E-state index contributed by atoms with van der Waals surface area (Å²) in [7, 11) is 0. The lowest BCUT2D eigenvalue weighted by atomic mass is 9.92. The average molecular weight is 326 g/mol. The summed E-state index contributed by atoms with van der Waals surface area (Å²) >= 11 is 0. The minimum atomic E-state index is -0.417. The number of β-amino-alcohol motifs (C(OH)–C–C–N with tert-alkyl or cyclic N) is 1. The van der Waals surface area contributed by atoms with Crippen LogP contribution in [0.1, 0.15) is 38.5 Å². The molecule has 1 aliphatic carbocycles. The molecule has 0 unspecified atom stereocenters. The van der Waals surface area contributed by atoms with Crippen molar-refractivity contribution < 1.29 is 9.84 Å². The fourth-order valence-corrected chi connectivity index (χ4v) is 4.14. The van der Waals surface area contributed by atoms with E-state index >= 15 is 0 Å². The number of benzene rings is 1. The smallest absolute Gasteiger partial charge is 0.127 e. The fraction of sp³-hybridized carbons (Fsp3) is 0.550. The van der Waals surface area contributed by atoms with E-state index in [0.29, 0.717) is 6.04 Å². The molecule has 2 aromatic rings. The van der Waals surface area contributed by atoms with Gasteiger partial charge in [0.25, 0.3) is 0 Å². The highest BCUT2D eigenvalue weighted by molar-refractivity contribution is 5.79. The Morgan fingerprint density at radius 1 is 1.08 bits per heavy atom. The number of aromatic nitrogens is 1. The molecular formula is C20H26N2O2. The Morgan fingerprint density at radius 2 is 1.96 bits per heavy atom. The lowest BCUT2D eigenvalue weighted by Crippen LogP contribution is -2.52. The minimum absolute atomic E-state index is 0.119. The van der Waals surface area contributed by atoms with Crippen LogP contribution < -0.4 is 4.74 Å². The summed E-state index contributed by atoms with van der Waals surface area (Å²) in [6, 6.07) is 10.6. The zero-order valence-corrected chi connectivity index (χ0v) is 14.1. The molecule has 4 rings (SSSR count). The number of aliphatic hydroxyl groups excluding tert-OH is 1. The molecule has 0 spiro atoms. The maximum Gasteiger partial charge on any atom is 0.127 e. The van der Waals surface area contributed by atoms with Crippen molar-refractivity contribution in [1.82, 2.24) is 9.88 Å².